The van der Waals surface area contributed by atoms with Gasteiger partial charge in [0.1, 0.15) is 17.7 Å². The fourth-order valence-electron chi connectivity index (χ4n) is 9.70. The van der Waals surface area contributed by atoms with Crippen molar-refractivity contribution < 1.29 is 27.6 Å². The number of imide groups is 2. The molecule has 4 amide bonds. The Hall–Kier alpha value is -6.28. The van der Waals surface area contributed by atoms with Crippen molar-refractivity contribution in [1.82, 2.24) is 49.0 Å². The van der Waals surface area contributed by atoms with Gasteiger partial charge in [0, 0.05) is 81.4 Å². The van der Waals surface area contributed by atoms with Crippen LogP contribution in [0, 0.1) is 5.92 Å². The molecule has 64 heavy (non-hydrogen) atoms. The molecule has 3 atom stereocenters. The molecule has 8 heterocycles. The van der Waals surface area contributed by atoms with Crippen molar-refractivity contribution >= 4 is 67.7 Å². The van der Waals surface area contributed by atoms with E-state index >= 15 is 0 Å². The summed E-state index contributed by atoms with van der Waals surface area (Å²) in [4.78, 5) is 73.1. The maximum Gasteiger partial charge on any atom is 0.262 e. The van der Waals surface area contributed by atoms with Crippen molar-refractivity contribution in [1.29, 1.82) is 0 Å². The number of pyridine rings is 1. The summed E-state index contributed by atoms with van der Waals surface area (Å²) in [6.07, 6.45) is 9.96. The minimum atomic E-state index is -3.50. The predicted octanol–water partition coefficient (Wildman–Crippen LogP) is 3.97. The number of nitrogens with one attached hydrogen (secondary N) is 2. The summed E-state index contributed by atoms with van der Waals surface area (Å²) in [5, 5.41) is 15.4. The number of hydrogen-bond donors (Lipinski definition) is 2. The Morgan fingerprint density at radius 3 is 2.33 bits per heavy atom. The van der Waals surface area contributed by atoms with Gasteiger partial charge in [-0.25, -0.2) is 23.4 Å². The van der Waals surface area contributed by atoms with Gasteiger partial charge in [0.25, 0.3) is 21.8 Å². The Labute approximate surface area is 370 Å². The first-order valence-electron chi connectivity index (χ1n) is 22.1. The van der Waals surface area contributed by atoms with Crippen LogP contribution in [-0.2, 0) is 19.6 Å². The molecule has 0 spiro atoms. The van der Waals surface area contributed by atoms with E-state index in [1.165, 1.54) is 12.4 Å². The van der Waals surface area contributed by atoms with Crippen LogP contribution in [-0.4, -0.2) is 132 Å². The molecule has 5 aliphatic rings. The van der Waals surface area contributed by atoms with E-state index in [0.717, 1.165) is 77.0 Å². The SMILES string of the molecule is CC1CN(c2ccc3c(c2)C(=O)N(C2CCC(=O)NC2=O)C3=O)CC(C)N1CC1CCN(c2nn(C(C)C)c3cc(Nc4ccnc(-c5cnn(S(=O)(=O)C6CC6)c5)n4)ncc23)CC1. The Balaban J connectivity index is 0.770. The number of carbonyl (C=O) groups excluding carboxylic acids is 4. The summed E-state index contributed by atoms with van der Waals surface area (Å²) >= 11 is 0. The van der Waals surface area contributed by atoms with Gasteiger partial charge in [-0.1, -0.05) is 0 Å². The molecule has 4 aliphatic heterocycles. The van der Waals surface area contributed by atoms with Crippen LogP contribution in [0.1, 0.15) is 93.0 Å². The minimum Gasteiger partial charge on any atom is -0.368 e. The van der Waals surface area contributed by atoms with Gasteiger partial charge in [-0.05, 0) is 90.0 Å². The summed E-state index contributed by atoms with van der Waals surface area (Å²) in [5.41, 5.74) is 2.91. The summed E-state index contributed by atoms with van der Waals surface area (Å²) in [6, 6.07) is 8.69. The molecular weight excluding hydrogens is 839 g/mol. The number of rotatable bonds is 11. The fraction of sp³-hybridized carbons (Fsp3) is 0.477. The zero-order valence-electron chi connectivity index (χ0n) is 36.2. The lowest BCUT2D eigenvalue weighted by Crippen LogP contribution is -2.58. The molecule has 2 N–H and O–H groups in total. The molecule has 3 unspecified atom stereocenters. The van der Waals surface area contributed by atoms with Crippen LogP contribution in [0.15, 0.2) is 55.1 Å². The lowest BCUT2D eigenvalue weighted by atomic mass is 9.94. The van der Waals surface area contributed by atoms with E-state index in [1.807, 2.05) is 23.0 Å². The Kier molecular flexibility index (Phi) is 10.5. The van der Waals surface area contributed by atoms with E-state index in [1.54, 1.807) is 24.4 Å². The molecule has 3 saturated heterocycles. The highest BCUT2D eigenvalue weighted by atomic mass is 32.2. The summed E-state index contributed by atoms with van der Waals surface area (Å²) in [5.74, 6) is 0.885. The molecule has 1 saturated carbocycles. The number of nitrogens with zero attached hydrogens (tertiary/aromatic N) is 11. The van der Waals surface area contributed by atoms with Gasteiger partial charge in [0.2, 0.25) is 11.8 Å². The fourth-order valence-corrected chi connectivity index (χ4v) is 11.2. The number of fused-ring (bicyclic) bond motifs is 2. The van der Waals surface area contributed by atoms with Crippen LogP contribution in [0.5, 0.6) is 0 Å². The van der Waals surface area contributed by atoms with Gasteiger partial charge in [-0.15, -0.1) is 0 Å². The van der Waals surface area contributed by atoms with Gasteiger partial charge in [-0.2, -0.15) is 14.3 Å². The first-order valence-corrected chi connectivity index (χ1v) is 23.6. The second-order valence-electron chi connectivity index (χ2n) is 18.1. The van der Waals surface area contributed by atoms with E-state index in [-0.39, 0.29) is 41.8 Å². The van der Waals surface area contributed by atoms with E-state index in [9.17, 15) is 27.6 Å². The number of anilines is 4. The molecule has 19 nitrogen and oxygen atoms in total. The Morgan fingerprint density at radius 1 is 0.859 bits per heavy atom. The molecule has 4 fully saturated rings. The normalized spacial score (nSPS) is 22.5. The van der Waals surface area contributed by atoms with E-state index in [4.69, 9.17) is 10.1 Å². The van der Waals surface area contributed by atoms with Crippen molar-refractivity contribution in [3.05, 3.63) is 66.2 Å². The average molecular weight is 890 g/mol. The standard InChI is InChI=1S/C44H51N13O6S/c1-25(2)57-36-18-38(48-37-11-14-45-40(49-37)29-19-47-55(24-29)64(62,63)31-6-7-31)46-20-34(36)41(51-57)52-15-12-28(13-16-52)23-54-26(3)21-53(22-27(54)4)30-5-8-32-33(17-30)44(61)56(43(32)60)35-9-10-39(58)50-42(35)59/h5,8,11,14,17-20,24-28,31,35H,6-7,9-10,12-13,15-16,21-23H2,1-4H3,(H,50,58,59)(H,45,46,48,49). The largest absolute Gasteiger partial charge is 0.368 e. The maximum atomic E-state index is 13.5. The van der Waals surface area contributed by atoms with Gasteiger partial charge in [0.15, 0.2) is 11.6 Å². The van der Waals surface area contributed by atoms with Crippen LogP contribution in [0.4, 0.5) is 23.1 Å². The summed E-state index contributed by atoms with van der Waals surface area (Å²) in [6.45, 7) is 13.0. The second-order valence-corrected chi connectivity index (χ2v) is 20.2. The number of piperidine rings is 2. The third kappa shape index (κ3) is 7.54. The van der Waals surface area contributed by atoms with Crippen LogP contribution in [0.2, 0.25) is 0 Å². The molecule has 5 aromatic rings. The van der Waals surface area contributed by atoms with Crippen molar-refractivity contribution in [2.45, 2.75) is 95.6 Å². The van der Waals surface area contributed by atoms with Crippen LogP contribution < -0.4 is 20.4 Å². The third-order valence-corrected chi connectivity index (χ3v) is 15.3. The zero-order valence-corrected chi connectivity index (χ0v) is 37.0. The molecule has 4 aromatic heterocycles. The van der Waals surface area contributed by atoms with Crippen LogP contribution in [0.25, 0.3) is 22.3 Å². The van der Waals surface area contributed by atoms with Crippen LogP contribution in [0.3, 0.4) is 0 Å². The highest BCUT2D eigenvalue weighted by Crippen LogP contribution is 2.36. The number of carbonyl (C=O) groups is 4. The number of benzene rings is 1. The smallest absolute Gasteiger partial charge is 0.262 e. The van der Waals surface area contributed by atoms with Gasteiger partial charge >= 0.3 is 0 Å². The molecule has 0 radical (unpaired) electrons. The van der Waals surface area contributed by atoms with Gasteiger partial charge in [-0.3, -0.25) is 39.0 Å². The number of aromatic nitrogens is 7. The highest BCUT2D eigenvalue weighted by Gasteiger charge is 2.45. The molecule has 0 bridgehead atoms. The molecule has 334 valence electrons. The summed E-state index contributed by atoms with van der Waals surface area (Å²) in [7, 11) is -3.50. The summed E-state index contributed by atoms with van der Waals surface area (Å²) < 4.78 is 28.4. The van der Waals surface area contributed by atoms with Crippen LogP contribution >= 0.6 is 0 Å². The lowest BCUT2D eigenvalue weighted by molar-refractivity contribution is -0.136. The molecular formula is C44H51N13O6S. The van der Waals surface area contributed by atoms with E-state index < -0.39 is 39.7 Å². The first-order chi connectivity index (χ1) is 30.7. The van der Waals surface area contributed by atoms with Crippen molar-refractivity contribution in [3.8, 4) is 11.4 Å². The third-order valence-electron chi connectivity index (χ3n) is 13.3. The lowest BCUT2D eigenvalue weighted by Gasteiger charge is -2.47. The van der Waals surface area contributed by atoms with Crippen molar-refractivity contribution in [2.24, 2.45) is 5.92 Å². The van der Waals surface area contributed by atoms with Crippen molar-refractivity contribution in [2.75, 3.05) is 47.8 Å². The van der Waals surface area contributed by atoms with E-state index in [2.05, 4.69) is 68.1 Å². The maximum absolute atomic E-state index is 13.5. The predicted molar refractivity (Wildman–Crippen MR) is 238 cm³/mol. The van der Waals surface area contributed by atoms with Gasteiger partial charge in [0.05, 0.1) is 45.2 Å². The molecule has 1 aliphatic carbocycles. The Morgan fingerprint density at radius 2 is 1.61 bits per heavy atom. The Bertz CT molecular complexity index is 2800. The first kappa shape index (κ1) is 41.7. The quantitative estimate of drug-likeness (QED) is 0.180. The molecule has 1 aromatic carbocycles. The number of amides is 4. The number of hydrogen-bond acceptors (Lipinski definition) is 15. The minimum absolute atomic E-state index is 0.0817. The van der Waals surface area contributed by atoms with E-state index in [0.29, 0.717) is 47.3 Å². The second kappa shape index (κ2) is 16.1. The molecule has 20 heteroatoms. The van der Waals surface area contributed by atoms with Gasteiger partial charge < -0.3 is 15.1 Å². The highest BCUT2D eigenvalue weighted by molar-refractivity contribution is 7.90. The average Bonchev–Trinajstić information content (AvgIpc) is 3.82. The number of piperazine rings is 1. The zero-order chi connectivity index (χ0) is 44.6. The monoisotopic (exact) mass is 889 g/mol. The van der Waals surface area contributed by atoms with Crippen molar-refractivity contribution in [3.63, 3.8) is 0 Å². The molecule has 10 rings (SSSR count). The topological polar surface area (TPSA) is 214 Å².